The number of aryl methyl sites for hydroxylation is 2. The largest absolute Gasteiger partial charge is 0.379 e. The minimum absolute atomic E-state index is 0.00365. The van der Waals surface area contributed by atoms with E-state index in [2.05, 4.69) is 42.7 Å². The highest BCUT2D eigenvalue weighted by Crippen LogP contribution is 2.35. The van der Waals surface area contributed by atoms with Crippen LogP contribution < -0.4 is 10.6 Å². The van der Waals surface area contributed by atoms with Crippen molar-refractivity contribution in [3.8, 4) is 6.07 Å². The highest BCUT2D eigenvalue weighted by atomic mass is 79.9. The van der Waals surface area contributed by atoms with E-state index in [1.807, 2.05) is 36.9 Å². The highest BCUT2D eigenvalue weighted by molar-refractivity contribution is 9.10. The van der Waals surface area contributed by atoms with Crippen molar-refractivity contribution in [2.24, 2.45) is 7.05 Å². The van der Waals surface area contributed by atoms with E-state index in [1.54, 1.807) is 6.07 Å². The molecular weight excluding hydrogens is 483 g/mol. The Morgan fingerprint density at radius 3 is 2.71 bits per heavy atom. The topological polar surface area (TPSA) is 78.6 Å². The molecule has 156 valence electrons. The second-order valence-corrected chi connectivity index (χ2v) is 8.28. The van der Waals surface area contributed by atoms with Crippen molar-refractivity contribution in [2.75, 3.05) is 10.6 Å². The fraction of sp³-hybridized carbons (Fsp3) is 0.136. The summed E-state index contributed by atoms with van der Waals surface area (Å²) in [6.07, 6.45) is 1.50. The van der Waals surface area contributed by atoms with Crippen LogP contribution in [0.25, 0.3) is 10.9 Å². The Labute approximate surface area is 191 Å². The Kier molecular flexibility index (Phi) is 5.81. The van der Waals surface area contributed by atoms with Gasteiger partial charge in [0.25, 0.3) is 0 Å². The predicted molar refractivity (Wildman–Crippen MR) is 124 cm³/mol. The van der Waals surface area contributed by atoms with Crippen molar-refractivity contribution in [2.45, 2.75) is 13.5 Å². The molecule has 2 heterocycles. The molecule has 0 aliphatic heterocycles. The molecule has 2 N–H and O–H groups in total. The first-order chi connectivity index (χ1) is 14.9. The number of hydrogen-bond acceptors (Lipinski definition) is 5. The standard InChI is InChI=1S/C22H17BrClFN6/c1-12-5-16(30-31(12)2)11-27-15-6-17-21(29-14-3-4-20(25)19(24)8-14)13(9-26)10-28-22(17)18(23)7-15/h3-8,10,27H,11H2,1-2H3,(H,28,29). The van der Waals surface area contributed by atoms with E-state index in [1.165, 1.54) is 18.3 Å². The number of anilines is 3. The number of aromatic nitrogens is 3. The van der Waals surface area contributed by atoms with Crippen LogP contribution in [0, 0.1) is 24.1 Å². The lowest BCUT2D eigenvalue weighted by atomic mass is 10.1. The molecule has 31 heavy (non-hydrogen) atoms. The van der Waals surface area contributed by atoms with Crippen LogP contribution in [0.2, 0.25) is 5.02 Å². The van der Waals surface area contributed by atoms with Gasteiger partial charge in [0, 0.05) is 40.2 Å². The molecule has 4 rings (SSSR count). The van der Waals surface area contributed by atoms with E-state index in [0.29, 0.717) is 29.0 Å². The molecule has 4 aromatic rings. The lowest BCUT2D eigenvalue weighted by Gasteiger charge is -2.14. The van der Waals surface area contributed by atoms with Gasteiger partial charge in [0.15, 0.2) is 0 Å². The zero-order chi connectivity index (χ0) is 22.1. The molecule has 0 fully saturated rings. The highest BCUT2D eigenvalue weighted by Gasteiger charge is 2.14. The average Bonchev–Trinajstić information content (AvgIpc) is 3.07. The third-order valence-electron chi connectivity index (χ3n) is 4.87. The van der Waals surface area contributed by atoms with E-state index >= 15 is 0 Å². The van der Waals surface area contributed by atoms with E-state index < -0.39 is 5.82 Å². The van der Waals surface area contributed by atoms with Crippen molar-refractivity contribution in [3.05, 3.63) is 74.9 Å². The van der Waals surface area contributed by atoms with Crippen molar-refractivity contribution in [3.63, 3.8) is 0 Å². The Bertz CT molecular complexity index is 1320. The summed E-state index contributed by atoms with van der Waals surface area (Å²) in [5.41, 5.74) is 5.00. The Morgan fingerprint density at radius 2 is 2.03 bits per heavy atom. The summed E-state index contributed by atoms with van der Waals surface area (Å²) in [5, 5.41) is 21.4. The van der Waals surface area contributed by atoms with Crippen LogP contribution in [-0.2, 0) is 13.6 Å². The van der Waals surface area contributed by atoms with Gasteiger partial charge in [-0.1, -0.05) is 11.6 Å². The van der Waals surface area contributed by atoms with Crippen molar-refractivity contribution >= 4 is 55.5 Å². The van der Waals surface area contributed by atoms with Crippen molar-refractivity contribution in [1.29, 1.82) is 5.26 Å². The molecule has 2 aromatic carbocycles. The van der Waals surface area contributed by atoms with Crippen molar-refractivity contribution < 1.29 is 4.39 Å². The quantitative estimate of drug-likeness (QED) is 0.349. The van der Waals surface area contributed by atoms with Gasteiger partial charge in [-0.25, -0.2) is 4.39 Å². The molecule has 0 saturated carbocycles. The summed E-state index contributed by atoms with van der Waals surface area (Å²) in [5.74, 6) is -0.508. The van der Waals surface area contributed by atoms with E-state index in [-0.39, 0.29) is 5.02 Å². The molecule has 0 radical (unpaired) electrons. The maximum absolute atomic E-state index is 13.5. The number of rotatable bonds is 5. The van der Waals surface area contributed by atoms with Crippen LogP contribution in [-0.4, -0.2) is 14.8 Å². The molecular formula is C22H17BrClFN6. The van der Waals surface area contributed by atoms with Gasteiger partial charge in [0.1, 0.15) is 11.9 Å². The minimum atomic E-state index is -0.508. The van der Waals surface area contributed by atoms with Crippen LogP contribution in [0.3, 0.4) is 0 Å². The van der Waals surface area contributed by atoms with Gasteiger partial charge in [-0.05, 0) is 59.3 Å². The Morgan fingerprint density at radius 1 is 1.23 bits per heavy atom. The Balaban J connectivity index is 1.74. The maximum Gasteiger partial charge on any atom is 0.141 e. The number of fused-ring (bicyclic) bond motifs is 1. The van der Waals surface area contributed by atoms with Crippen LogP contribution >= 0.6 is 27.5 Å². The van der Waals surface area contributed by atoms with Crippen LogP contribution in [0.4, 0.5) is 21.5 Å². The molecule has 9 heteroatoms. The summed E-state index contributed by atoms with van der Waals surface area (Å²) in [4.78, 5) is 4.42. The van der Waals surface area contributed by atoms with Crippen LogP contribution in [0.5, 0.6) is 0 Å². The predicted octanol–water partition coefficient (Wildman–Crippen LogP) is 6.06. The number of pyridine rings is 1. The second-order valence-electron chi connectivity index (χ2n) is 7.02. The number of nitrogens with zero attached hydrogens (tertiary/aromatic N) is 4. The lowest BCUT2D eigenvalue weighted by Crippen LogP contribution is -2.03. The molecule has 0 amide bonds. The third kappa shape index (κ3) is 4.33. The second kappa shape index (κ2) is 8.53. The monoisotopic (exact) mass is 498 g/mol. The van der Waals surface area contributed by atoms with Gasteiger partial charge in [-0.2, -0.15) is 10.4 Å². The first-order valence-electron chi connectivity index (χ1n) is 9.33. The number of benzene rings is 2. The number of nitriles is 1. The van der Waals surface area contributed by atoms with Crippen LogP contribution in [0.15, 0.2) is 47.1 Å². The molecule has 6 nitrogen and oxygen atoms in total. The maximum atomic E-state index is 13.5. The summed E-state index contributed by atoms with van der Waals surface area (Å²) in [7, 11) is 1.90. The zero-order valence-corrected chi connectivity index (χ0v) is 19.0. The van der Waals surface area contributed by atoms with E-state index in [9.17, 15) is 9.65 Å². The smallest absolute Gasteiger partial charge is 0.141 e. The molecule has 2 aromatic heterocycles. The van der Waals surface area contributed by atoms with Gasteiger partial charge in [-0.3, -0.25) is 9.67 Å². The normalized spacial score (nSPS) is 10.8. The summed E-state index contributed by atoms with van der Waals surface area (Å²) < 4.78 is 16.1. The SMILES string of the molecule is Cc1cc(CNc2cc(Br)c3ncc(C#N)c(Nc4ccc(F)c(Cl)c4)c3c2)nn1C. The zero-order valence-electron chi connectivity index (χ0n) is 16.7. The number of nitrogens with one attached hydrogen (secondary N) is 2. The molecule has 0 saturated heterocycles. The fourth-order valence-corrected chi connectivity index (χ4v) is 3.96. The molecule has 0 spiro atoms. The van der Waals surface area contributed by atoms with E-state index in [4.69, 9.17) is 11.6 Å². The first-order valence-corrected chi connectivity index (χ1v) is 10.5. The average molecular weight is 500 g/mol. The van der Waals surface area contributed by atoms with Gasteiger partial charge in [0.2, 0.25) is 0 Å². The summed E-state index contributed by atoms with van der Waals surface area (Å²) >= 11 is 9.49. The number of hydrogen-bond donors (Lipinski definition) is 2. The molecule has 0 aliphatic carbocycles. The van der Waals surface area contributed by atoms with Gasteiger partial charge < -0.3 is 10.6 Å². The fourth-order valence-electron chi connectivity index (χ4n) is 3.21. The van der Waals surface area contributed by atoms with Gasteiger partial charge in [0.05, 0.1) is 34.0 Å². The third-order valence-corrected chi connectivity index (χ3v) is 5.77. The molecule has 0 aliphatic rings. The first kappa shape index (κ1) is 21.1. The summed E-state index contributed by atoms with van der Waals surface area (Å²) in [6.45, 7) is 2.54. The van der Waals surface area contributed by atoms with Crippen LogP contribution in [0.1, 0.15) is 17.0 Å². The minimum Gasteiger partial charge on any atom is -0.379 e. The molecule has 0 unspecified atom stereocenters. The molecule has 0 atom stereocenters. The number of halogens is 3. The summed E-state index contributed by atoms with van der Waals surface area (Å²) in [6, 6.07) is 12.3. The van der Waals surface area contributed by atoms with E-state index in [0.717, 1.165) is 26.9 Å². The lowest BCUT2D eigenvalue weighted by molar-refractivity contribution is 0.628. The van der Waals surface area contributed by atoms with Crippen molar-refractivity contribution in [1.82, 2.24) is 14.8 Å². The van der Waals surface area contributed by atoms with Gasteiger partial charge in [-0.15, -0.1) is 0 Å². The van der Waals surface area contributed by atoms with Gasteiger partial charge >= 0.3 is 0 Å². The molecule has 0 bridgehead atoms. The Hall–Kier alpha value is -3.15.